The van der Waals surface area contributed by atoms with Crippen molar-refractivity contribution in [2.45, 2.75) is 13.2 Å². The lowest BCUT2D eigenvalue weighted by Gasteiger charge is -2.11. The number of benzene rings is 1. The van der Waals surface area contributed by atoms with Gasteiger partial charge in [0.05, 0.1) is 6.20 Å². The van der Waals surface area contributed by atoms with Crippen LogP contribution >= 0.6 is 0 Å². The summed E-state index contributed by atoms with van der Waals surface area (Å²) in [6, 6.07) is 6.34. The van der Waals surface area contributed by atoms with Crippen LogP contribution in [0.25, 0.3) is 5.69 Å². The van der Waals surface area contributed by atoms with Gasteiger partial charge >= 0.3 is 0 Å². The van der Waals surface area contributed by atoms with Gasteiger partial charge in [0, 0.05) is 13.7 Å². The largest absolute Gasteiger partial charge is 0.350 e. The summed E-state index contributed by atoms with van der Waals surface area (Å²) in [4.78, 5) is 0. The van der Waals surface area contributed by atoms with Gasteiger partial charge in [-0.2, -0.15) is 0 Å². The van der Waals surface area contributed by atoms with Crippen molar-refractivity contribution >= 4 is 0 Å². The van der Waals surface area contributed by atoms with Gasteiger partial charge in [-0.05, 0) is 19.1 Å². The Morgan fingerprint density at radius 2 is 2.17 bits per heavy atom. The van der Waals surface area contributed by atoms with Crippen molar-refractivity contribution in [2.75, 3.05) is 13.7 Å². The fourth-order valence-corrected chi connectivity index (χ4v) is 1.57. The van der Waals surface area contributed by atoms with Crippen molar-refractivity contribution < 1.29 is 13.9 Å². The van der Waals surface area contributed by atoms with E-state index in [2.05, 4.69) is 10.3 Å². The molecular formula is C12H14FN3O2. The second-order valence-electron chi connectivity index (χ2n) is 3.56. The number of rotatable bonds is 5. The van der Waals surface area contributed by atoms with Crippen LogP contribution < -0.4 is 0 Å². The third kappa shape index (κ3) is 2.55. The summed E-state index contributed by atoms with van der Waals surface area (Å²) < 4.78 is 25.4. The fourth-order valence-electron chi connectivity index (χ4n) is 1.57. The highest BCUT2D eigenvalue weighted by atomic mass is 19.1. The number of para-hydroxylation sites is 1. The van der Waals surface area contributed by atoms with E-state index >= 15 is 0 Å². The Balaban J connectivity index is 2.28. The van der Waals surface area contributed by atoms with Gasteiger partial charge in [0.15, 0.2) is 0 Å². The quantitative estimate of drug-likeness (QED) is 0.763. The Labute approximate surface area is 104 Å². The molecule has 1 aromatic heterocycles. The fraction of sp³-hybridized carbons (Fsp3) is 0.333. The summed E-state index contributed by atoms with van der Waals surface area (Å²) in [5, 5.41) is 7.78. The first-order valence-corrected chi connectivity index (χ1v) is 5.57. The molecule has 2 rings (SSSR count). The van der Waals surface area contributed by atoms with Crippen LogP contribution in [0.1, 0.15) is 18.9 Å². The van der Waals surface area contributed by atoms with E-state index in [1.165, 1.54) is 17.9 Å². The summed E-state index contributed by atoms with van der Waals surface area (Å²) in [5.41, 5.74) is 0.838. The summed E-state index contributed by atoms with van der Waals surface area (Å²) in [6.07, 6.45) is 0.998. The van der Waals surface area contributed by atoms with Gasteiger partial charge < -0.3 is 9.47 Å². The van der Waals surface area contributed by atoms with Crippen LogP contribution in [0.4, 0.5) is 4.39 Å². The molecule has 1 atom stereocenters. The zero-order valence-electron chi connectivity index (χ0n) is 10.2. The minimum Gasteiger partial charge on any atom is -0.350 e. The molecule has 0 saturated carbocycles. The molecule has 0 aliphatic rings. The SMILES string of the molecule is CCOC(OC)c1cn(-c2ccccc2F)nn1. The molecule has 0 amide bonds. The Morgan fingerprint density at radius 3 is 2.83 bits per heavy atom. The molecule has 2 aromatic rings. The number of hydrogen-bond donors (Lipinski definition) is 0. The minimum absolute atomic E-state index is 0.336. The third-order valence-corrected chi connectivity index (χ3v) is 2.38. The molecular weight excluding hydrogens is 237 g/mol. The van der Waals surface area contributed by atoms with Crippen molar-refractivity contribution in [3.63, 3.8) is 0 Å². The maximum atomic E-state index is 13.6. The van der Waals surface area contributed by atoms with Crippen LogP contribution in [0.3, 0.4) is 0 Å². The molecule has 0 bridgehead atoms. The highest BCUT2D eigenvalue weighted by Gasteiger charge is 2.15. The molecule has 0 saturated heterocycles. The van der Waals surface area contributed by atoms with Crippen LogP contribution in [0.15, 0.2) is 30.5 Å². The smallest absolute Gasteiger partial charge is 0.204 e. The van der Waals surface area contributed by atoms with E-state index in [1.54, 1.807) is 24.4 Å². The number of aromatic nitrogens is 3. The topological polar surface area (TPSA) is 49.2 Å². The van der Waals surface area contributed by atoms with Gasteiger partial charge in [-0.1, -0.05) is 17.3 Å². The van der Waals surface area contributed by atoms with E-state index in [9.17, 15) is 4.39 Å². The maximum Gasteiger partial charge on any atom is 0.204 e. The van der Waals surface area contributed by atoms with Gasteiger partial charge in [0.25, 0.3) is 0 Å². The number of nitrogens with zero attached hydrogens (tertiary/aromatic N) is 3. The monoisotopic (exact) mass is 251 g/mol. The molecule has 96 valence electrons. The normalized spacial score (nSPS) is 12.6. The molecule has 0 aliphatic heterocycles. The Bertz CT molecular complexity index is 516. The average Bonchev–Trinajstić information content (AvgIpc) is 2.85. The summed E-state index contributed by atoms with van der Waals surface area (Å²) in [6.45, 7) is 2.35. The molecule has 0 fully saturated rings. The Morgan fingerprint density at radius 1 is 1.39 bits per heavy atom. The van der Waals surface area contributed by atoms with Crippen molar-refractivity contribution in [1.29, 1.82) is 0 Å². The van der Waals surface area contributed by atoms with Crippen LogP contribution in [0, 0.1) is 5.82 Å². The first-order chi connectivity index (χ1) is 8.76. The molecule has 0 spiro atoms. The molecule has 6 heteroatoms. The molecule has 18 heavy (non-hydrogen) atoms. The number of ether oxygens (including phenoxy) is 2. The Hall–Kier alpha value is -1.79. The second kappa shape index (κ2) is 5.70. The van der Waals surface area contributed by atoms with Crippen LogP contribution in [-0.2, 0) is 9.47 Å². The van der Waals surface area contributed by atoms with Gasteiger partial charge in [-0.15, -0.1) is 5.10 Å². The summed E-state index contributed by atoms with van der Waals surface area (Å²) >= 11 is 0. The molecule has 1 heterocycles. The Kier molecular flexibility index (Phi) is 4.01. The number of hydrogen-bond acceptors (Lipinski definition) is 4. The van der Waals surface area contributed by atoms with Crippen molar-refractivity contribution in [3.8, 4) is 5.69 Å². The van der Waals surface area contributed by atoms with E-state index in [0.29, 0.717) is 18.0 Å². The average molecular weight is 251 g/mol. The minimum atomic E-state index is -0.587. The molecule has 5 nitrogen and oxygen atoms in total. The van der Waals surface area contributed by atoms with Crippen LogP contribution in [-0.4, -0.2) is 28.7 Å². The first kappa shape index (κ1) is 12.7. The molecule has 0 N–H and O–H groups in total. The maximum absolute atomic E-state index is 13.6. The van der Waals surface area contributed by atoms with Crippen molar-refractivity contribution in [3.05, 3.63) is 42.0 Å². The van der Waals surface area contributed by atoms with Crippen LogP contribution in [0.2, 0.25) is 0 Å². The first-order valence-electron chi connectivity index (χ1n) is 5.57. The summed E-state index contributed by atoms with van der Waals surface area (Å²) in [5.74, 6) is -0.362. The van der Waals surface area contributed by atoms with E-state index < -0.39 is 6.29 Å². The molecule has 0 radical (unpaired) electrons. The van der Waals surface area contributed by atoms with Crippen LogP contribution in [0.5, 0.6) is 0 Å². The van der Waals surface area contributed by atoms with Gasteiger partial charge in [-0.3, -0.25) is 0 Å². The van der Waals surface area contributed by atoms with Gasteiger partial charge in [0.2, 0.25) is 6.29 Å². The highest BCUT2D eigenvalue weighted by Crippen LogP contribution is 2.17. The van der Waals surface area contributed by atoms with E-state index in [4.69, 9.17) is 9.47 Å². The molecule has 1 aromatic carbocycles. The zero-order chi connectivity index (χ0) is 13.0. The lowest BCUT2D eigenvalue weighted by atomic mass is 10.3. The molecule has 0 aliphatic carbocycles. The van der Waals surface area contributed by atoms with E-state index in [0.717, 1.165) is 0 Å². The predicted octanol–water partition coefficient (Wildman–Crippen LogP) is 2.09. The van der Waals surface area contributed by atoms with Crippen molar-refractivity contribution in [1.82, 2.24) is 15.0 Å². The highest BCUT2D eigenvalue weighted by molar-refractivity contribution is 5.32. The number of halogens is 1. The van der Waals surface area contributed by atoms with E-state index in [-0.39, 0.29) is 5.82 Å². The van der Waals surface area contributed by atoms with Gasteiger partial charge in [0.1, 0.15) is 17.2 Å². The van der Waals surface area contributed by atoms with Gasteiger partial charge in [-0.25, -0.2) is 9.07 Å². The summed E-state index contributed by atoms with van der Waals surface area (Å²) in [7, 11) is 1.52. The lowest BCUT2D eigenvalue weighted by Crippen LogP contribution is -2.06. The predicted molar refractivity (Wildman–Crippen MR) is 62.7 cm³/mol. The number of methoxy groups -OCH3 is 1. The standard InChI is InChI=1S/C12H14FN3O2/c1-3-18-12(17-2)10-8-16(15-14-10)11-7-5-4-6-9(11)13/h4-8,12H,3H2,1-2H3. The van der Waals surface area contributed by atoms with E-state index in [1.807, 2.05) is 6.92 Å². The lowest BCUT2D eigenvalue weighted by molar-refractivity contribution is -0.126. The zero-order valence-corrected chi connectivity index (χ0v) is 10.2. The third-order valence-electron chi connectivity index (χ3n) is 2.38. The van der Waals surface area contributed by atoms with Crippen molar-refractivity contribution in [2.24, 2.45) is 0 Å². The second-order valence-corrected chi connectivity index (χ2v) is 3.56. The molecule has 1 unspecified atom stereocenters.